The Labute approximate surface area is 119 Å². The van der Waals surface area contributed by atoms with E-state index in [0.717, 1.165) is 12.8 Å². The second-order valence-corrected chi connectivity index (χ2v) is 5.87. The van der Waals surface area contributed by atoms with E-state index in [9.17, 15) is 5.11 Å². The molecule has 0 radical (unpaired) electrons. The van der Waals surface area contributed by atoms with Crippen molar-refractivity contribution in [3.63, 3.8) is 0 Å². The van der Waals surface area contributed by atoms with Gasteiger partial charge in [-0.25, -0.2) is 0 Å². The Hall–Kier alpha value is 0.210. The molecule has 3 heteroatoms. The molecule has 1 saturated carbocycles. The second-order valence-electron chi connectivity index (χ2n) is 5.87. The SMILES string of the molecule is CCC(CC)CC(O)CC(N)C1CCCCC1.Cl. The topological polar surface area (TPSA) is 46.2 Å². The molecule has 0 heterocycles. The average Bonchev–Trinajstić information content (AvgIpc) is 2.37. The highest BCUT2D eigenvalue weighted by atomic mass is 35.5. The normalized spacial score (nSPS) is 20.5. The summed E-state index contributed by atoms with van der Waals surface area (Å²) in [5, 5.41) is 10.1. The quantitative estimate of drug-likeness (QED) is 0.741. The average molecular weight is 278 g/mol. The summed E-state index contributed by atoms with van der Waals surface area (Å²) in [5.74, 6) is 1.34. The zero-order valence-corrected chi connectivity index (χ0v) is 12.9. The van der Waals surface area contributed by atoms with Gasteiger partial charge in [0, 0.05) is 6.04 Å². The van der Waals surface area contributed by atoms with Gasteiger partial charge in [-0.15, -0.1) is 12.4 Å². The standard InChI is InChI=1S/C15H31NO.ClH/c1-3-12(4-2)10-14(17)11-15(16)13-8-6-5-7-9-13;/h12-15,17H,3-11,16H2,1-2H3;1H. The molecule has 2 nitrogen and oxygen atoms in total. The predicted octanol–water partition coefficient (Wildman–Crippen LogP) is 3.89. The highest BCUT2D eigenvalue weighted by Crippen LogP contribution is 2.28. The molecule has 0 amide bonds. The summed E-state index contributed by atoms with van der Waals surface area (Å²) >= 11 is 0. The van der Waals surface area contributed by atoms with Crippen molar-refractivity contribution in [2.45, 2.75) is 83.8 Å². The van der Waals surface area contributed by atoms with E-state index < -0.39 is 0 Å². The first-order valence-electron chi connectivity index (χ1n) is 7.61. The molecule has 0 aromatic rings. The minimum atomic E-state index is -0.183. The molecular formula is C15H32ClNO. The van der Waals surface area contributed by atoms with Crippen LogP contribution in [0.4, 0.5) is 0 Å². The van der Waals surface area contributed by atoms with Gasteiger partial charge in [-0.1, -0.05) is 46.0 Å². The number of aliphatic hydroxyl groups excluding tert-OH is 1. The molecule has 0 bridgehead atoms. The van der Waals surface area contributed by atoms with Crippen LogP contribution in [-0.2, 0) is 0 Å². The lowest BCUT2D eigenvalue weighted by molar-refractivity contribution is 0.110. The van der Waals surface area contributed by atoms with E-state index >= 15 is 0 Å². The lowest BCUT2D eigenvalue weighted by atomic mass is 9.81. The third-order valence-corrected chi connectivity index (χ3v) is 4.56. The first kappa shape index (κ1) is 18.2. The van der Waals surface area contributed by atoms with Crippen molar-refractivity contribution in [2.75, 3.05) is 0 Å². The molecule has 0 spiro atoms. The van der Waals surface area contributed by atoms with Crippen LogP contribution >= 0.6 is 12.4 Å². The van der Waals surface area contributed by atoms with Gasteiger partial charge in [0.1, 0.15) is 0 Å². The fourth-order valence-corrected chi connectivity index (χ4v) is 3.17. The third kappa shape index (κ3) is 6.40. The summed E-state index contributed by atoms with van der Waals surface area (Å²) in [6.07, 6.45) is 10.5. The first-order valence-corrected chi connectivity index (χ1v) is 7.61. The molecule has 2 unspecified atom stereocenters. The Morgan fingerprint density at radius 1 is 1.06 bits per heavy atom. The van der Waals surface area contributed by atoms with Crippen LogP contribution in [0.2, 0.25) is 0 Å². The molecule has 0 aromatic carbocycles. The molecule has 110 valence electrons. The van der Waals surface area contributed by atoms with Crippen molar-refractivity contribution < 1.29 is 5.11 Å². The summed E-state index contributed by atoms with van der Waals surface area (Å²) in [6, 6.07) is 0.222. The van der Waals surface area contributed by atoms with Crippen molar-refractivity contribution in [3.05, 3.63) is 0 Å². The molecule has 3 N–H and O–H groups in total. The van der Waals surface area contributed by atoms with Crippen LogP contribution in [-0.4, -0.2) is 17.3 Å². The van der Waals surface area contributed by atoms with Crippen LogP contribution in [0, 0.1) is 11.8 Å². The van der Waals surface area contributed by atoms with Crippen LogP contribution < -0.4 is 5.73 Å². The van der Waals surface area contributed by atoms with Gasteiger partial charge in [0.15, 0.2) is 0 Å². The number of hydrogen-bond donors (Lipinski definition) is 2. The van der Waals surface area contributed by atoms with Crippen molar-refractivity contribution in [3.8, 4) is 0 Å². The molecule has 2 atom stereocenters. The van der Waals surface area contributed by atoms with Gasteiger partial charge in [-0.05, 0) is 37.5 Å². The van der Waals surface area contributed by atoms with Gasteiger partial charge in [-0.2, -0.15) is 0 Å². The number of aliphatic hydroxyl groups is 1. The second kappa shape index (κ2) is 10.1. The lowest BCUT2D eigenvalue weighted by Gasteiger charge is -2.29. The zero-order valence-electron chi connectivity index (χ0n) is 12.1. The molecule has 0 saturated heterocycles. The Kier molecular flexibility index (Phi) is 10.2. The largest absolute Gasteiger partial charge is 0.393 e. The Balaban J connectivity index is 0.00000289. The van der Waals surface area contributed by atoms with Crippen LogP contribution in [0.1, 0.15) is 71.6 Å². The molecule has 1 fully saturated rings. The summed E-state index contributed by atoms with van der Waals surface area (Å²) in [5.41, 5.74) is 6.25. The van der Waals surface area contributed by atoms with Gasteiger partial charge in [0.2, 0.25) is 0 Å². The number of nitrogens with two attached hydrogens (primary N) is 1. The summed E-state index contributed by atoms with van der Waals surface area (Å²) in [7, 11) is 0. The highest BCUT2D eigenvalue weighted by Gasteiger charge is 2.23. The van der Waals surface area contributed by atoms with Gasteiger partial charge < -0.3 is 10.8 Å². The fourth-order valence-electron chi connectivity index (χ4n) is 3.17. The number of hydrogen-bond acceptors (Lipinski definition) is 2. The van der Waals surface area contributed by atoms with Gasteiger partial charge >= 0.3 is 0 Å². The van der Waals surface area contributed by atoms with Crippen LogP contribution in [0.5, 0.6) is 0 Å². The summed E-state index contributed by atoms with van der Waals surface area (Å²) in [4.78, 5) is 0. The Morgan fingerprint density at radius 3 is 2.11 bits per heavy atom. The maximum absolute atomic E-state index is 10.1. The van der Waals surface area contributed by atoms with Crippen LogP contribution in [0.15, 0.2) is 0 Å². The smallest absolute Gasteiger partial charge is 0.0557 e. The summed E-state index contributed by atoms with van der Waals surface area (Å²) < 4.78 is 0. The Morgan fingerprint density at radius 2 is 1.61 bits per heavy atom. The first-order chi connectivity index (χ1) is 8.17. The van der Waals surface area contributed by atoms with Crippen LogP contribution in [0.3, 0.4) is 0 Å². The van der Waals surface area contributed by atoms with Crippen LogP contribution in [0.25, 0.3) is 0 Å². The van der Waals surface area contributed by atoms with Crippen molar-refractivity contribution in [1.29, 1.82) is 0 Å². The monoisotopic (exact) mass is 277 g/mol. The summed E-state index contributed by atoms with van der Waals surface area (Å²) in [6.45, 7) is 4.42. The molecule has 1 aliphatic rings. The number of rotatable bonds is 7. The molecule has 18 heavy (non-hydrogen) atoms. The third-order valence-electron chi connectivity index (χ3n) is 4.56. The fraction of sp³-hybridized carbons (Fsp3) is 1.00. The molecule has 1 aliphatic carbocycles. The van der Waals surface area contributed by atoms with E-state index in [1.54, 1.807) is 0 Å². The van der Waals surface area contributed by atoms with E-state index in [1.165, 1.54) is 44.9 Å². The van der Waals surface area contributed by atoms with Gasteiger partial charge in [0.05, 0.1) is 6.10 Å². The van der Waals surface area contributed by atoms with Gasteiger partial charge in [0.25, 0.3) is 0 Å². The predicted molar refractivity (Wildman–Crippen MR) is 81.1 cm³/mol. The molecule has 0 aromatic heterocycles. The van der Waals surface area contributed by atoms with E-state index in [2.05, 4.69) is 13.8 Å². The maximum Gasteiger partial charge on any atom is 0.0557 e. The van der Waals surface area contributed by atoms with E-state index in [4.69, 9.17) is 5.73 Å². The minimum absolute atomic E-state index is 0. The molecule has 0 aliphatic heterocycles. The van der Waals surface area contributed by atoms with Crippen molar-refractivity contribution >= 4 is 12.4 Å². The maximum atomic E-state index is 10.1. The Bertz CT molecular complexity index is 191. The minimum Gasteiger partial charge on any atom is -0.393 e. The zero-order chi connectivity index (χ0) is 12.7. The van der Waals surface area contributed by atoms with Crippen molar-refractivity contribution in [1.82, 2.24) is 0 Å². The molecule has 1 rings (SSSR count). The number of halogens is 1. The van der Waals surface area contributed by atoms with E-state index in [1.807, 2.05) is 0 Å². The van der Waals surface area contributed by atoms with E-state index in [-0.39, 0.29) is 24.6 Å². The van der Waals surface area contributed by atoms with Crippen molar-refractivity contribution in [2.24, 2.45) is 17.6 Å². The molecular weight excluding hydrogens is 246 g/mol. The highest BCUT2D eigenvalue weighted by molar-refractivity contribution is 5.85. The lowest BCUT2D eigenvalue weighted by Crippen LogP contribution is -2.35. The van der Waals surface area contributed by atoms with E-state index in [0.29, 0.717) is 11.8 Å². The van der Waals surface area contributed by atoms with Gasteiger partial charge in [-0.3, -0.25) is 0 Å².